The molecule has 0 bridgehead atoms. The lowest BCUT2D eigenvalue weighted by molar-refractivity contribution is -0.121. The number of methoxy groups -OCH3 is 1. The van der Waals surface area contributed by atoms with E-state index in [-0.39, 0.29) is 22.9 Å². The zero-order chi connectivity index (χ0) is 14.5. The Labute approximate surface area is 123 Å². The van der Waals surface area contributed by atoms with E-state index in [9.17, 15) is 4.79 Å². The number of halogens is 1. The summed E-state index contributed by atoms with van der Waals surface area (Å²) in [6.07, 6.45) is 3.69. The van der Waals surface area contributed by atoms with Crippen LogP contribution in [0.4, 0.5) is 5.95 Å². The summed E-state index contributed by atoms with van der Waals surface area (Å²) < 4.78 is 4.99. The first-order valence-electron chi connectivity index (χ1n) is 6.72. The zero-order valence-corrected chi connectivity index (χ0v) is 12.2. The van der Waals surface area contributed by atoms with Crippen molar-refractivity contribution in [1.82, 2.24) is 9.97 Å². The third kappa shape index (κ3) is 3.80. The smallest absolute Gasteiger partial charge is 0.234 e. The van der Waals surface area contributed by atoms with Crippen molar-refractivity contribution in [2.24, 2.45) is 17.6 Å². The molecule has 1 aromatic heterocycles. The Morgan fingerprint density at radius 2 is 2.15 bits per heavy atom. The Hall–Kier alpha value is -1.40. The molecule has 1 amide bonds. The van der Waals surface area contributed by atoms with Crippen molar-refractivity contribution in [3.8, 4) is 5.88 Å². The number of nitrogens with zero attached hydrogens (tertiary/aromatic N) is 2. The van der Waals surface area contributed by atoms with Gasteiger partial charge in [0.1, 0.15) is 5.15 Å². The van der Waals surface area contributed by atoms with Crippen LogP contribution in [-0.2, 0) is 4.79 Å². The maximum Gasteiger partial charge on any atom is 0.234 e. The fourth-order valence-corrected chi connectivity index (χ4v) is 2.60. The van der Waals surface area contributed by atoms with Crippen LogP contribution in [0.5, 0.6) is 5.88 Å². The summed E-state index contributed by atoms with van der Waals surface area (Å²) in [5.41, 5.74) is 5.65. The van der Waals surface area contributed by atoms with Crippen LogP contribution in [0.25, 0.3) is 0 Å². The molecule has 1 aliphatic carbocycles. The van der Waals surface area contributed by atoms with Crippen LogP contribution in [0.2, 0.25) is 5.15 Å². The molecule has 6 nitrogen and oxygen atoms in total. The van der Waals surface area contributed by atoms with Gasteiger partial charge in [0.05, 0.1) is 7.11 Å². The molecule has 0 aromatic carbocycles. The lowest BCUT2D eigenvalue weighted by Gasteiger charge is -2.26. The lowest BCUT2D eigenvalue weighted by atomic mass is 9.81. The standard InChI is InChI=1S/C13H19ClN4O2/c1-20-11-6-10(14)16-13(17-11)18-12(19)9-4-2-8(7-15)3-5-9/h6,8-9H,2-5,7,15H2,1H3,(H,16,17,18,19). The van der Waals surface area contributed by atoms with Crippen LogP contribution >= 0.6 is 11.6 Å². The number of hydrogen-bond acceptors (Lipinski definition) is 5. The van der Waals surface area contributed by atoms with Crippen LogP contribution < -0.4 is 15.8 Å². The predicted molar refractivity (Wildman–Crippen MR) is 76.7 cm³/mol. The highest BCUT2D eigenvalue weighted by atomic mass is 35.5. The summed E-state index contributed by atoms with van der Waals surface area (Å²) in [6.45, 7) is 0.697. The molecule has 1 aromatic rings. The van der Waals surface area contributed by atoms with Crippen LogP contribution in [0.1, 0.15) is 25.7 Å². The van der Waals surface area contributed by atoms with Gasteiger partial charge in [0.2, 0.25) is 17.7 Å². The lowest BCUT2D eigenvalue weighted by Crippen LogP contribution is -2.30. The zero-order valence-electron chi connectivity index (χ0n) is 11.4. The summed E-state index contributed by atoms with van der Waals surface area (Å²) in [7, 11) is 1.48. The minimum atomic E-state index is -0.0650. The SMILES string of the molecule is COc1cc(Cl)nc(NC(=O)C2CCC(CN)CC2)n1. The normalized spacial score (nSPS) is 22.4. The van der Waals surface area contributed by atoms with E-state index in [1.54, 1.807) is 0 Å². The fourth-order valence-electron chi connectivity index (χ4n) is 2.43. The topological polar surface area (TPSA) is 90.1 Å². The molecule has 0 spiro atoms. The van der Waals surface area contributed by atoms with E-state index >= 15 is 0 Å². The van der Waals surface area contributed by atoms with E-state index in [1.165, 1.54) is 13.2 Å². The number of rotatable bonds is 4. The molecule has 1 heterocycles. The second kappa shape index (κ2) is 6.85. The van der Waals surface area contributed by atoms with Gasteiger partial charge in [0, 0.05) is 12.0 Å². The Morgan fingerprint density at radius 3 is 2.75 bits per heavy atom. The second-order valence-corrected chi connectivity index (χ2v) is 5.39. The molecule has 2 rings (SSSR count). The van der Waals surface area contributed by atoms with Crippen molar-refractivity contribution in [1.29, 1.82) is 0 Å². The van der Waals surface area contributed by atoms with Crippen molar-refractivity contribution >= 4 is 23.5 Å². The van der Waals surface area contributed by atoms with Crippen molar-refractivity contribution in [2.75, 3.05) is 19.0 Å². The Bertz CT molecular complexity index is 475. The van der Waals surface area contributed by atoms with Crippen molar-refractivity contribution < 1.29 is 9.53 Å². The molecule has 0 saturated heterocycles. The summed E-state index contributed by atoms with van der Waals surface area (Å²) in [5.74, 6) is 0.977. The number of carbonyl (C=O) groups excluding carboxylic acids is 1. The Kier molecular flexibility index (Phi) is 5.14. The monoisotopic (exact) mass is 298 g/mol. The highest BCUT2D eigenvalue weighted by Gasteiger charge is 2.26. The largest absolute Gasteiger partial charge is 0.481 e. The first-order chi connectivity index (χ1) is 9.62. The molecule has 3 N–H and O–H groups in total. The first-order valence-corrected chi connectivity index (χ1v) is 7.09. The number of amides is 1. The maximum absolute atomic E-state index is 12.2. The van der Waals surface area contributed by atoms with E-state index in [2.05, 4.69) is 15.3 Å². The molecule has 0 aliphatic heterocycles. The van der Waals surface area contributed by atoms with Crippen LogP contribution in [-0.4, -0.2) is 29.5 Å². The van der Waals surface area contributed by atoms with E-state index in [4.69, 9.17) is 22.1 Å². The third-order valence-electron chi connectivity index (χ3n) is 3.67. The Balaban J connectivity index is 1.96. The summed E-state index contributed by atoms with van der Waals surface area (Å²) >= 11 is 5.84. The molecule has 0 radical (unpaired) electrons. The third-order valence-corrected chi connectivity index (χ3v) is 3.86. The van der Waals surface area contributed by atoms with Crippen LogP contribution in [0, 0.1) is 11.8 Å². The number of anilines is 1. The van der Waals surface area contributed by atoms with Crippen LogP contribution in [0.3, 0.4) is 0 Å². The number of nitrogens with two attached hydrogens (primary N) is 1. The molecule has 20 heavy (non-hydrogen) atoms. The molecule has 110 valence electrons. The first kappa shape index (κ1) is 15.0. The maximum atomic E-state index is 12.2. The van der Waals surface area contributed by atoms with E-state index in [1.807, 2.05) is 0 Å². The molecular formula is C13H19ClN4O2. The minimum absolute atomic E-state index is 0.00798. The minimum Gasteiger partial charge on any atom is -0.481 e. The van der Waals surface area contributed by atoms with Crippen molar-refractivity contribution in [3.05, 3.63) is 11.2 Å². The molecule has 7 heteroatoms. The van der Waals surface area contributed by atoms with Gasteiger partial charge in [0.15, 0.2) is 0 Å². The van der Waals surface area contributed by atoms with Crippen LogP contribution in [0.15, 0.2) is 6.07 Å². The molecule has 0 atom stereocenters. The molecule has 1 saturated carbocycles. The Morgan fingerprint density at radius 1 is 1.45 bits per heavy atom. The van der Waals surface area contributed by atoms with Gasteiger partial charge >= 0.3 is 0 Å². The van der Waals surface area contributed by atoms with Crippen molar-refractivity contribution in [3.63, 3.8) is 0 Å². The fraction of sp³-hybridized carbons (Fsp3) is 0.615. The van der Waals surface area contributed by atoms with Gasteiger partial charge in [-0.3, -0.25) is 10.1 Å². The van der Waals surface area contributed by atoms with Gasteiger partial charge in [0.25, 0.3) is 0 Å². The number of nitrogens with one attached hydrogen (secondary N) is 1. The van der Waals surface area contributed by atoms with E-state index in [0.29, 0.717) is 18.3 Å². The molecule has 0 unspecified atom stereocenters. The number of hydrogen-bond donors (Lipinski definition) is 2. The quantitative estimate of drug-likeness (QED) is 0.828. The molecular weight excluding hydrogens is 280 g/mol. The number of ether oxygens (including phenoxy) is 1. The van der Waals surface area contributed by atoms with Gasteiger partial charge in [-0.15, -0.1) is 0 Å². The average Bonchev–Trinajstić information content (AvgIpc) is 2.46. The second-order valence-electron chi connectivity index (χ2n) is 5.00. The highest BCUT2D eigenvalue weighted by Crippen LogP contribution is 2.29. The van der Waals surface area contributed by atoms with E-state index < -0.39 is 0 Å². The van der Waals surface area contributed by atoms with Gasteiger partial charge in [-0.05, 0) is 38.1 Å². The summed E-state index contributed by atoms with van der Waals surface area (Å²) in [6, 6.07) is 1.49. The summed E-state index contributed by atoms with van der Waals surface area (Å²) in [5, 5.41) is 2.94. The number of aromatic nitrogens is 2. The summed E-state index contributed by atoms with van der Waals surface area (Å²) in [4.78, 5) is 20.2. The van der Waals surface area contributed by atoms with E-state index in [0.717, 1.165) is 25.7 Å². The molecule has 1 fully saturated rings. The van der Waals surface area contributed by atoms with Gasteiger partial charge < -0.3 is 10.5 Å². The number of carbonyl (C=O) groups is 1. The predicted octanol–water partition coefficient (Wildman–Crippen LogP) is 1.84. The highest BCUT2D eigenvalue weighted by molar-refractivity contribution is 6.29. The average molecular weight is 299 g/mol. The van der Waals surface area contributed by atoms with Gasteiger partial charge in [-0.25, -0.2) is 4.98 Å². The van der Waals surface area contributed by atoms with Gasteiger partial charge in [-0.1, -0.05) is 11.6 Å². The van der Waals surface area contributed by atoms with Gasteiger partial charge in [-0.2, -0.15) is 4.98 Å². The molecule has 1 aliphatic rings. The van der Waals surface area contributed by atoms with Crippen molar-refractivity contribution in [2.45, 2.75) is 25.7 Å².